The molecule has 0 radical (unpaired) electrons. The van der Waals surface area contributed by atoms with E-state index in [-0.39, 0.29) is 6.04 Å². The van der Waals surface area contributed by atoms with Crippen molar-refractivity contribution in [2.45, 2.75) is 38.8 Å². The van der Waals surface area contributed by atoms with Crippen molar-refractivity contribution in [2.75, 3.05) is 6.54 Å². The lowest BCUT2D eigenvalue weighted by Crippen LogP contribution is -2.46. The summed E-state index contributed by atoms with van der Waals surface area (Å²) in [5.41, 5.74) is 8.26. The Hall–Kier alpha value is -1.00. The maximum Gasteiger partial charge on any atom is 0.0902 e. The molecular weight excluding hydrogens is 230 g/mol. The molecule has 1 aromatic heterocycles. The quantitative estimate of drug-likeness (QED) is 0.832. The first kappa shape index (κ1) is 12.5. The Morgan fingerprint density at radius 3 is 3.06 bits per heavy atom. The van der Waals surface area contributed by atoms with Gasteiger partial charge in [-0.15, -0.1) is 0 Å². The number of nitrogens with two attached hydrogens (primary N) is 1. The van der Waals surface area contributed by atoms with Gasteiger partial charge in [0.2, 0.25) is 0 Å². The topological polar surface area (TPSA) is 42.2 Å². The van der Waals surface area contributed by atoms with Crippen molar-refractivity contribution in [3.05, 3.63) is 29.6 Å². The number of thiocarbonyl (C=S) groups is 1. The average molecular weight is 249 g/mol. The molecule has 1 atom stereocenters. The van der Waals surface area contributed by atoms with Crippen LogP contribution in [0, 0.1) is 6.92 Å². The van der Waals surface area contributed by atoms with Gasteiger partial charge in [0.1, 0.15) is 0 Å². The first-order valence-corrected chi connectivity index (χ1v) is 6.51. The minimum Gasteiger partial charge on any atom is -0.392 e. The molecule has 1 aromatic rings. The normalized spacial score (nSPS) is 21.4. The molecule has 92 valence electrons. The zero-order valence-electron chi connectivity index (χ0n) is 10.2. The van der Waals surface area contributed by atoms with Gasteiger partial charge in [-0.05, 0) is 37.4 Å². The second-order valence-electron chi connectivity index (χ2n) is 4.75. The molecule has 1 unspecified atom stereocenters. The first-order chi connectivity index (χ1) is 8.16. The van der Waals surface area contributed by atoms with Crippen LogP contribution in [-0.4, -0.2) is 27.5 Å². The highest BCUT2D eigenvalue weighted by atomic mass is 32.1. The lowest BCUT2D eigenvalue weighted by atomic mass is 10.0. The van der Waals surface area contributed by atoms with Crippen LogP contribution in [0.3, 0.4) is 0 Å². The summed E-state index contributed by atoms with van der Waals surface area (Å²) in [4.78, 5) is 7.24. The van der Waals surface area contributed by atoms with E-state index in [4.69, 9.17) is 18.0 Å². The molecule has 1 aliphatic rings. The summed E-state index contributed by atoms with van der Waals surface area (Å²) in [5, 5.41) is 0. The fourth-order valence-electron chi connectivity index (χ4n) is 2.44. The Bertz CT molecular complexity index is 405. The monoisotopic (exact) mass is 249 g/mol. The SMILES string of the molecule is Cc1cncc(CN2CCCCC2C(N)=S)c1. The van der Waals surface area contributed by atoms with Crippen molar-refractivity contribution in [2.24, 2.45) is 5.73 Å². The van der Waals surface area contributed by atoms with Crippen LogP contribution in [0.1, 0.15) is 30.4 Å². The van der Waals surface area contributed by atoms with Crippen LogP contribution in [0.15, 0.2) is 18.5 Å². The highest BCUT2D eigenvalue weighted by Gasteiger charge is 2.24. The Morgan fingerprint density at radius 2 is 2.35 bits per heavy atom. The number of rotatable bonds is 3. The van der Waals surface area contributed by atoms with Crippen molar-refractivity contribution in [3.8, 4) is 0 Å². The molecule has 0 amide bonds. The fourth-order valence-corrected chi connectivity index (χ4v) is 2.71. The van der Waals surface area contributed by atoms with Gasteiger partial charge in [0.15, 0.2) is 0 Å². The summed E-state index contributed by atoms with van der Waals surface area (Å²) in [6.45, 7) is 4.05. The maximum absolute atomic E-state index is 5.82. The molecule has 1 aliphatic heterocycles. The largest absolute Gasteiger partial charge is 0.392 e. The number of nitrogens with zero attached hydrogens (tertiary/aromatic N) is 2. The van der Waals surface area contributed by atoms with E-state index >= 15 is 0 Å². The lowest BCUT2D eigenvalue weighted by Gasteiger charge is -2.34. The van der Waals surface area contributed by atoms with E-state index in [1.54, 1.807) is 0 Å². The molecule has 17 heavy (non-hydrogen) atoms. The predicted molar refractivity (Wildman–Crippen MR) is 73.8 cm³/mol. The number of aryl methyl sites for hydroxylation is 1. The van der Waals surface area contributed by atoms with Gasteiger partial charge in [0.25, 0.3) is 0 Å². The van der Waals surface area contributed by atoms with Gasteiger partial charge in [-0.3, -0.25) is 9.88 Å². The molecule has 4 heteroatoms. The minimum atomic E-state index is 0.263. The van der Waals surface area contributed by atoms with E-state index in [0.717, 1.165) is 19.5 Å². The molecule has 0 spiro atoms. The Kier molecular flexibility index (Phi) is 4.07. The first-order valence-electron chi connectivity index (χ1n) is 6.11. The molecule has 2 heterocycles. The Labute approximate surface area is 108 Å². The van der Waals surface area contributed by atoms with Crippen LogP contribution in [0.25, 0.3) is 0 Å². The molecule has 2 rings (SSSR count). The smallest absolute Gasteiger partial charge is 0.0902 e. The molecule has 0 aromatic carbocycles. The second kappa shape index (κ2) is 5.56. The molecule has 1 fully saturated rings. The molecule has 0 bridgehead atoms. The molecular formula is C13H19N3S. The molecule has 3 nitrogen and oxygen atoms in total. The van der Waals surface area contributed by atoms with Gasteiger partial charge < -0.3 is 5.73 Å². The highest BCUT2D eigenvalue weighted by molar-refractivity contribution is 7.80. The molecule has 2 N–H and O–H groups in total. The number of pyridine rings is 1. The van der Waals surface area contributed by atoms with Crippen LogP contribution in [-0.2, 0) is 6.54 Å². The number of hydrogen-bond acceptors (Lipinski definition) is 3. The van der Waals surface area contributed by atoms with Crippen molar-refractivity contribution >= 4 is 17.2 Å². The number of piperidine rings is 1. The van der Waals surface area contributed by atoms with Crippen molar-refractivity contribution in [3.63, 3.8) is 0 Å². The third-order valence-electron chi connectivity index (χ3n) is 3.26. The summed E-state index contributed by atoms with van der Waals surface area (Å²) in [5.74, 6) is 0. The zero-order valence-corrected chi connectivity index (χ0v) is 11.0. The number of hydrogen-bond donors (Lipinski definition) is 1. The summed E-state index contributed by atoms with van der Waals surface area (Å²) in [7, 11) is 0. The van der Waals surface area contributed by atoms with Crippen LogP contribution >= 0.6 is 12.2 Å². The summed E-state index contributed by atoms with van der Waals surface area (Å²) in [6, 6.07) is 2.44. The van der Waals surface area contributed by atoms with Crippen molar-refractivity contribution in [1.82, 2.24) is 9.88 Å². The summed E-state index contributed by atoms with van der Waals surface area (Å²) >= 11 is 5.16. The van der Waals surface area contributed by atoms with Gasteiger partial charge >= 0.3 is 0 Å². The third kappa shape index (κ3) is 3.23. The van der Waals surface area contributed by atoms with Crippen molar-refractivity contribution < 1.29 is 0 Å². The Morgan fingerprint density at radius 1 is 1.53 bits per heavy atom. The van der Waals surface area contributed by atoms with Gasteiger partial charge in [-0.1, -0.05) is 24.7 Å². The average Bonchev–Trinajstić information content (AvgIpc) is 2.29. The molecule has 0 aliphatic carbocycles. The van der Waals surface area contributed by atoms with Gasteiger partial charge in [-0.25, -0.2) is 0 Å². The highest BCUT2D eigenvalue weighted by Crippen LogP contribution is 2.19. The van der Waals surface area contributed by atoms with E-state index in [2.05, 4.69) is 22.9 Å². The predicted octanol–water partition coefficient (Wildman–Crippen LogP) is 2.03. The number of likely N-dealkylation sites (tertiary alicyclic amines) is 1. The van der Waals surface area contributed by atoms with Gasteiger partial charge in [-0.2, -0.15) is 0 Å². The van der Waals surface area contributed by atoms with E-state index in [1.807, 2.05) is 12.4 Å². The van der Waals surface area contributed by atoms with Crippen LogP contribution in [0.5, 0.6) is 0 Å². The van der Waals surface area contributed by atoms with E-state index in [1.165, 1.54) is 24.0 Å². The van der Waals surface area contributed by atoms with E-state index in [9.17, 15) is 0 Å². The van der Waals surface area contributed by atoms with Crippen LogP contribution < -0.4 is 5.73 Å². The van der Waals surface area contributed by atoms with Gasteiger partial charge in [0.05, 0.1) is 11.0 Å². The summed E-state index contributed by atoms with van der Waals surface area (Å²) < 4.78 is 0. The molecule has 0 saturated carbocycles. The minimum absolute atomic E-state index is 0.263. The van der Waals surface area contributed by atoms with E-state index in [0.29, 0.717) is 4.99 Å². The van der Waals surface area contributed by atoms with Gasteiger partial charge in [0, 0.05) is 18.9 Å². The number of aromatic nitrogens is 1. The third-order valence-corrected chi connectivity index (χ3v) is 3.53. The Balaban J connectivity index is 2.08. The lowest BCUT2D eigenvalue weighted by molar-refractivity contribution is 0.184. The van der Waals surface area contributed by atoms with E-state index < -0.39 is 0 Å². The maximum atomic E-state index is 5.82. The summed E-state index contributed by atoms with van der Waals surface area (Å²) in [6.07, 6.45) is 7.36. The fraction of sp³-hybridized carbons (Fsp3) is 0.538. The standard InChI is InChI=1S/C13H19N3S/c1-10-6-11(8-15-7-10)9-16-5-3-2-4-12(16)13(14)17/h6-8,12H,2-5,9H2,1H3,(H2,14,17). The van der Waals surface area contributed by atoms with Crippen molar-refractivity contribution in [1.29, 1.82) is 0 Å². The zero-order chi connectivity index (χ0) is 12.3. The second-order valence-corrected chi connectivity index (χ2v) is 5.23. The van der Waals surface area contributed by atoms with Crippen LogP contribution in [0.4, 0.5) is 0 Å². The molecule has 1 saturated heterocycles. The van der Waals surface area contributed by atoms with Crippen LogP contribution in [0.2, 0.25) is 0 Å².